The van der Waals surface area contributed by atoms with E-state index in [9.17, 15) is 0 Å². The minimum absolute atomic E-state index is 0.657. The fourth-order valence-corrected chi connectivity index (χ4v) is 3.16. The van der Waals surface area contributed by atoms with E-state index in [2.05, 4.69) is 42.3 Å². The predicted molar refractivity (Wildman–Crippen MR) is 81.4 cm³/mol. The lowest BCUT2D eigenvalue weighted by atomic mass is 10.3. The monoisotopic (exact) mass is 334 g/mol. The summed E-state index contributed by atoms with van der Waals surface area (Å²) < 4.78 is 2.23. The van der Waals surface area contributed by atoms with Crippen molar-refractivity contribution in [2.24, 2.45) is 0 Å². The molecule has 2 aromatic heterocycles. The van der Waals surface area contributed by atoms with Gasteiger partial charge in [0.1, 0.15) is 5.82 Å². The summed E-state index contributed by atoms with van der Waals surface area (Å²) in [5, 5.41) is 4.21. The zero-order valence-corrected chi connectivity index (χ0v) is 12.6. The molecule has 0 unspecified atom stereocenters. The van der Waals surface area contributed by atoms with E-state index < -0.39 is 0 Å². The van der Waals surface area contributed by atoms with E-state index in [1.54, 1.807) is 17.5 Å². The molecule has 0 aliphatic rings. The quantitative estimate of drug-likeness (QED) is 0.792. The van der Waals surface area contributed by atoms with Crippen LogP contribution in [-0.2, 0) is 6.54 Å². The van der Waals surface area contributed by atoms with E-state index in [4.69, 9.17) is 0 Å². The van der Waals surface area contributed by atoms with Gasteiger partial charge in [0.15, 0.2) is 5.13 Å². The molecular weight excluding hydrogens is 324 g/mol. The minimum Gasteiger partial charge on any atom is -0.356 e. The Morgan fingerprint density at radius 1 is 1.26 bits per heavy atom. The molecule has 1 N–H and O–H groups in total. The van der Waals surface area contributed by atoms with Crippen LogP contribution in [0.4, 0.5) is 5.13 Å². The van der Waals surface area contributed by atoms with Crippen LogP contribution in [0.25, 0.3) is 10.2 Å². The molecular formula is C13H11BrN4S. The lowest BCUT2D eigenvalue weighted by molar-refractivity contribution is 0.954. The molecule has 0 saturated carbocycles. The number of nitrogens with one attached hydrogen (secondary N) is 1. The SMILES string of the molecule is Cc1nccc(CNc2nc3ccc(Br)cc3s2)n1. The average Bonchev–Trinajstić information content (AvgIpc) is 2.78. The molecule has 0 amide bonds. The number of thiazole rings is 1. The van der Waals surface area contributed by atoms with Crippen LogP contribution in [0.2, 0.25) is 0 Å². The number of benzene rings is 1. The first-order chi connectivity index (χ1) is 9.20. The average molecular weight is 335 g/mol. The number of aryl methyl sites for hydroxylation is 1. The van der Waals surface area contributed by atoms with Crippen LogP contribution in [0.15, 0.2) is 34.9 Å². The zero-order valence-electron chi connectivity index (χ0n) is 10.2. The van der Waals surface area contributed by atoms with Gasteiger partial charge in [-0.1, -0.05) is 27.3 Å². The van der Waals surface area contributed by atoms with Crippen molar-refractivity contribution in [3.05, 3.63) is 46.5 Å². The molecule has 4 nitrogen and oxygen atoms in total. The maximum atomic E-state index is 4.53. The van der Waals surface area contributed by atoms with Gasteiger partial charge in [0.05, 0.1) is 22.5 Å². The predicted octanol–water partition coefficient (Wildman–Crippen LogP) is 3.77. The summed E-state index contributed by atoms with van der Waals surface area (Å²) in [6.45, 7) is 2.54. The van der Waals surface area contributed by atoms with Gasteiger partial charge in [-0.15, -0.1) is 0 Å². The van der Waals surface area contributed by atoms with Gasteiger partial charge >= 0.3 is 0 Å². The molecule has 0 fully saturated rings. The highest BCUT2D eigenvalue weighted by Gasteiger charge is 2.04. The molecule has 0 spiro atoms. The van der Waals surface area contributed by atoms with E-state index in [0.29, 0.717) is 6.54 Å². The molecule has 3 aromatic rings. The summed E-state index contributed by atoms with van der Waals surface area (Å²) in [4.78, 5) is 13.0. The van der Waals surface area contributed by atoms with Crippen LogP contribution >= 0.6 is 27.3 Å². The normalized spacial score (nSPS) is 10.8. The number of nitrogens with zero attached hydrogens (tertiary/aromatic N) is 3. The molecule has 0 saturated heterocycles. The van der Waals surface area contributed by atoms with E-state index >= 15 is 0 Å². The molecule has 6 heteroatoms. The molecule has 96 valence electrons. The Hall–Kier alpha value is -1.53. The number of anilines is 1. The van der Waals surface area contributed by atoms with Crippen LogP contribution in [0, 0.1) is 6.92 Å². The van der Waals surface area contributed by atoms with Gasteiger partial charge in [-0.3, -0.25) is 0 Å². The van der Waals surface area contributed by atoms with Crippen LogP contribution in [0.3, 0.4) is 0 Å². The van der Waals surface area contributed by atoms with Crippen molar-refractivity contribution >= 4 is 42.6 Å². The summed E-state index contributed by atoms with van der Waals surface area (Å²) in [6, 6.07) is 7.99. The Morgan fingerprint density at radius 3 is 3.00 bits per heavy atom. The molecule has 19 heavy (non-hydrogen) atoms. The van der Waals surface area contributed by atoms with Crippen molar-refractivity contribution in [1.82, 2.24) is 15.0 Å². The lowest BCUT2D eigenvalue weighted by Crippen LogP contribution is -2.02. The number of hydrogen-bond acceptors (Lipinski definition) is 5. The fourth-order valence-electron chi connectivity index (χ4n) is 1.74. The highest BCUT2D eigenvalue weighted by atomic mass is 79.9. The number of fused-ring (bicyclic) bond motifs is 1. The molecule has 0 aliphatic carbocycles. The summed E-state index contributed by atoms with van der Waals surface area (Å²) in [5.41, 5.74) is 1.97. The second-order valence-electron chi connectivity index (χ2n) is 4.08. The zero-order chi connectivity index (χ0) is 13.2. The lowest BCUT2D eigenvalue weighted by Gasteiger charge is -2.01. The summed E-state index contributed by atoms with van der Waals surface area (Å²) in [7, 11) is 0. The van der Waals surface area contributed by atoms with Crippen molar-refractivity contribution in [3.63, 3.8) is 0 Å². The highest BCUT2D eigenvalue weighted by Crippen LogP contribution is 2.28. The largest absolute Gasteiger partial charge is 0.356 e. The van der Waals surface area contributed by atoms with Crippen molar-refractivity contribution in [1.29, 1.82) is 0 Å². The van der Waals surface area contributed by atoms with E-state index in [-0.39, 0.29) is 0 Å². The smallest absolute Gasteiger partial charge is 0.184 e. The van der Waals surface area contributed by atoms with Crippen LogP contribution in [0.1, 0.15) is 11.5 Å². The second kappa shape index (κ2) is 5.22. The van der Waals surface area contributed by atoms with Crippen molar-refractivity contribution in [2.75, 3.05) is 5.32 Å². The minimum atomic E-state index is 0.657. The summed E-state index contributed by atoms with van der Waals surface area (Å²) >= 11 is 5.11. The molecule has 0 radical (unpaired) electrons. The van der Waals surface area contributed by atoms with Gasteiger partial charge in [-0.2, -0.15) is 0 Å². The molecule has 3 rings (SSSR count). The Balaban J connectivity index is 1.78. The number of rotatable bonds is 3. The Labute approximate surface area is 123 Å². The van der Waals surface area contributed by atoms with Crippen molar-refractivity contribution < 1.29 is 0 Å². The first kappa shape index (κ1) is 12.5. The van der Waals surface area contributed by atoms with E-state index in [1.165, 1.54) is 0 Å². The standard InChI is InChI=1S/C13H11BrN4S/c1-8-15-5-4-10(17-8)7-16-13-18-11-3-2-9(14)6-12(11)19-13/h2-6H,7H2,1H3,(H,16,18). The maximum Gasteiger partial charge on any atom is 0.184 e. The van der Waals surface area contributed by atoms with Gasteiger partial charge in [0, 0.05) is 10.7 Å². The number of halogens is 1. The highest BCUT2D eigenvalue weighted by molar-refractivity contribution is 9.10. The summed E-state index contributed by atoms with van der Waals surface area (Å²) in [5.74, 6) is 0.785. The van der Waals surface area contributed by atoms with Crippen molar-refractivity contribution in [3.8, 4) is 0 Å². The Kier molecular flexibility index (Phi) is 3.44. The third-order valence-corrected chi connectivity index (χ3v) is 4.07. The van der Waals surface area contributed by atoms with Crippen LogP contribution < -0.4 is 5.32 Å². The Bertz CT molecular complexity index is 725. The topological polar surface area (TPSA) is 50.7 Å². The molecule has 1 aromatic carbocycles. The van der Waals surface area contributed by atoms with Gasteiger partial charge in [0.2, 0.25) is 0 Å². The van der Waals surface area contributed by atoms with Gasteiger partial charge in [-0.05, 0) is 31.2 Å². The van der Waals surface area contributed by atoms with Crippen molar-refractivity contribution in [2.45, 2.75) is 13.5 Å². The van der Waals surface area contributed by atoms with Gasteiger partial charge < -0.3 is 5.32 Å². The van der Waals surface area contributed by atoms with Crippen LogP contribution in [-0.4, -0.2) is 15.0 Å². The summed E-state index contributed by atoms with van der Waals surface area (Å²) in [6.07, 6.45) is 1.77. The van der Waals surface area contributed by atoms with E-state index in [1.807, 2.05) is 25.1 Å². The maximum absolute atomic E-state index is 4.53. The fraction of sp³-hybridized carbons (Fsp3) is 0.154. The number of aromatic nitrogens is 3. The van der Waals surface area contributed by atoms with Gasteiger partial charge in [-0.25, -0.2) is 15.0 Å². The third-order valence-electron chi connectivity index (χ3n) is 2.60. The first-order valence-corrected chi connectivity index (χ1v) is 7.40. The first-order valence-electron chi connectivity index (χ1n) is 5.79. The molecule has 0 bridgehead atoms. The Morgan fingerprint density at radius 2 is 2.16 bits per heavy atom. The molecule has 2 heterocycles. The number of hydrogen-bond donors (Lipinski definition) is 1. The molecule has 0 atom stereocenters. The second-order valence-corrected chi connectivity index (χ2v) is 6.03. The molecule has 0 aliphatic heterocycles. The van der Waals surface area contributed by atoms with Gasteiger partial charge in [0.25, 0.3) is 0 Å². The van der Waals surface area contributed by atoms with Crippen LogP contribution in [0.5, 0.6) is 0 Å². The third kappa shape index (κ3) is 2.90. The van der Waals surface area contributed by atoms with E-state index in [0.717, 1.165) is 31.3 Å².